The third kappa shape index (κ3) is 5.86. The van der Waals surface area contributed by atoms with Crippen LogP contribution in [0, 0.1) is 5.92 Å². The van der Waals surface area contributed by atoms with Gasteiger partial charge in [-0.1, -0.05) is 19.3 Å². The van der Waals surface area contributed by atoms with Crippen LogP contribution >= 0.6 is 0 Å². The number of nitrogens with zero attached hydrogens (tertiary/aromatic N) is 3. The molecule has 2 fully saturated rings. The van der Waals surface area contributed by atoms with Gasteiger partial charge in [0.1, 0.15) is 29.1 Å². The van der Waals surface area contributed by atoms with Crippen molar-refractivity contribution in [3.63, 3.8) is 0 Å². The third-order valence-electron chi connectivity index (χ3n) is 7.31. The van der Waals surface area contributed by atoms with Gasteiger partial charge in [-0.15, -0.1) is 0 Å². The van der Waals surface area contributed by atoms with Crippen molar-refractivity contribution in [1.82, 2.24) is 25.3 Å². The average Bonchev–Trinajstić information content (AvgIpc) is 3.60. The second-order valence-corrected chi connectivity index (χ2v) is 10.1. The molecule has 0 bridgehead atoms. The van der Waals surface area contributed by atoms with Gasteiger partial charge in [0, 0.05) is 24.3 Å². The molecule has 0 unspecified atom stereocenters. The monoisotopic (exact) mass is 546 g/mol. The molecule has 2 aromatic heterocycles. The average molecular weight is 547 g/mol. The molecular formula is C26H29F3N6O4. The van der Waals surface area contributed by atoms with Crippen molar-refractivity contribution in [1.29, 1.82) is 0 Å². The van der Waals surface area contributed by atoms with Crippen LogP contribution < -0.4 is 16.0 Å². The number of benzene rings is 1. The van der Waals surface area contributed by atoms with Crippen LogP contribution in [0.2, 0.25) is 0 Å². The number of amides is 4. The Morgan fingerprint density at radius 3 is 2.62 bits per heavy atom. The van der Waals surface area contributed by atoms with Crippen LogP contribution in [0.4, 0.5) is 23.7 Å². The lowest BCUT2D eigenvalue weighted by molar-refractivity contribution is -0.149. The fraction of sp³-hybridized carbons (Fsp3) is 0.462. The van der Waals surface area contributed by atoms with Crippen LogP contribution in [-0.2, 0) is 18.4 Å². The van der Waals surface area contributed by atoms with E-state index in [9.17, 15) is 27.6 Å². The van der Waals surface area contributed by atoms with Crippen molar-refractivity contribution in [2.45, 2.75) is 56.9 Å². The summed E-state index contributed by atoms with van der Waals surface area (Å²) >= 11 is 0. The lowest BCUT2D eigenvalue weighted by atomic mass is 9.83. The molecule has 2 aliphatic rings. The molecule has 0 radical (unpaired) electrons. The highest BCUT2D eigenvalue weighted by molar-refractivity contribution is 6.01. The predicted octanol–water partition coefficient (Wildman–Crippen LogP) is 3.94. The van der Waals surface area contributed by atoms with Gasteiger partial charge in [-0.05, 0) is 49.1 Å². The molecule has 1 saturated heterocycles. The maximum Gasteiger partial charge on any atom is 0.410 e. The minimum Gasteiger partial charge on any atom is -0.459 e. The number of rotatable bonds is 7. The number of anilines is 1. The molecule has 1 saturated carbocycles. The fourth-order valence-electron chi connectivity index (χ4n) is 5.25. The minimum atomic E-state index is -4.53. The van der Waals surface area contributed by atoms with Crippen LogP contribution in [0.3, 0.4) is 0 Å². The molecule has 208 valence electrons. The zero-order valence-corrected chi connectivity index (χ0v) is 21.3. The number of aryl methyl sites for hydroxylation is 1. The number of hydrogen-bond acceptors (Lipinski definition) is 5. The highest BCUT2D eigenvalue weighted by Crippen LogP contribution is 2.30. The van der Waals surface area contributed by atoms with E-state index < -0.39 is 30.8 Å². The summed E-state index contributed by atoms with van der Waals surface area (Å²) in [7, 11) is 1.66. The van der Waals surface area contributed by atoms with Gasteiger partial charge < -0.3 is 25.3 Å². The first-order valence-electron chi connectivity index (χ1n) is 12.8. The number of carbonyl (C=O) groups is 3. The first kappa shape index (κ1) is 26.6. The Balaban J connectivity index is 1.29. The van der Waals surface area contributed by atoms with Gasteiger partial charge in [-0.25, -0.2) is 4.79 Å². The first-order chi connectivity index (χ1) is 18.6. The summed E-state index contributed by atoms with van der Waals surface area (Å²) in [5, 5.41) is 12.4. The summed E-state index contributed by atoms with van der Waals surface area (Å²) in [5.41, 5.74) is 1.29. The SMILES string of the molecule is Cn1nccc1C(=O)N[C@H](C(=O)Nc1ccc2oc(CN3C[C@@H](C(F)(F)F)NC3=O)cc2c1)C1CCCCC1. The molecule has 3 aromatic rings. The maximum atomic E-state index is 13.4. The predicted molar refractivity (Wildman–Crippen MR) is 135 cm³/mol. The van der Waals surface area contributed by atoms with E-state index in [1.165, 1.54) is 10.9 Å². The molecular weight excluding hydrogens is 517 g/mol. The number of urea groups is 1. The normalized spacial score (nSPS) is 19.2. The number of hydrogen-bond donors (Lipinski definition) is 3. The molecule has 1 aliphatic carbocycles. The van der Waals surface area contributed by atoms with Gasteiger partial charge in [0.25, 0.3) is 5.91 Å². The summed E-state index contributed by atoms with van der Waals surface area (Å²) < 4.78 is 46.1. The summed E-state index contributed by atoms with van der Waals surface area (Å²) in [4.78, 5) is 39.3. The molecule has 4 amide bonds. The minimum absolute atomic E-state index is 0.00711. The Labute approximate surface area is 221 Å². The van der Waals surface area contributed by atoms with Crippen molar-refractivity contribution in [2.24, 2.45) is 13.0 Å². The summed E-state index contributed by atoms with van der Waals surface area (Å²) in [6, 6.07) is 4.71. The van der Waals surface area contributed by atoms with Crippen molar-refractivity contribution >= 4 is 34.5 Å². The number of furan rings is 1. The van der Waals surface area contributed by atoms with Crippen LogP contribution in [0.5, 0.6) is 0 Å². The Morgan fingerprint density at radius 1 is 1.18 bits per heavy atom. The second-order valence-electron chi connectivity index (χ2n) is 10.1. The second kappa shape index (κ2) is 10.6. The lowest BCUT2D eigenvalue weighted by Crippen LogP contribution is -2.49. The number of alkyl halides is 3. The molecule has 0 spiro atoms. The fourth-order valence-corrected chi connectivity index (χ4v) is 5.25. The Morgan fingerprint density at radius 2 is 1.95 bits per heavy atom. The van der Waals surface area contributed by atoms with Crippen LogP contribution in [0.1, 0.15) is 48.4 Å². The van der Waals surface area contributed by atoms with Crippen molar-refractivity contribution in [2.75, 3.05) is 11.9 Å². The number of halogens is 3. The van der Waals surface area contributed by atoms with Crippen molar-refractivity contribution in [3.8, 4) is 0 Å². The van der Waals surface area contributed by atoms with E-state index in [4.69, 9.17) is 4.42 Å². The molecule has 3 N–H and O–H groups in total. The molecule has 13 heteroatoms. The highest BCUT2D eigenvalue weighted by atomic mass is 19.4. The maximum absolute atomic E-state index is 13.4. The molecule has 2 atom stereocenters. The molecule has 1 aliphatic heterocycles. The van der Waals surface area contributed by atoms with E-state index in [0.29, 0.717) is 28.1 Å². The topological polar surface area (TPSA) is 122 Å². The molecule has 5 rings (SSSR count). The number of nitrogens with one attached hydrogen (secondary N) is 3. The van der Waals surface area contributed by atoms with Crippen molar-refractivity contribution < 1.29 is 32.0 Å². The van der Waals surface area contributed by atoms with Gasteiger partial charge in [0.2, 0.25) is 5.91 Å². The summed E-state index contributed by atoms with van der Waals surface area (Å²) in [6.07, 6.45) is 1.70. The number of aromatic nitrogens is 2. The quantitative estimate of drug-likeness (QED) is 0.415. The Kier molecular flexibility index (Phi) is 7.23. The van der Waals surface area contributed by atoms with Gasteiger partial charge in [-0.3, -0.25) is 14.3 Å². The van der Waals surface area contributed by atoms with Gasteiger partial charge in [-0.2, -0.15) is 18.3 Å². The van der Waals surface area contributed by atoms with Crippen LogP contribution in [-0.4, -0.2) is 57.3 Å². The van der Waals surface area contributed by atoms with E-state index in [1.807, 2.05) is 5.32 Å². The van der Waals surface area contributed by atoms with Gasteiger partial charge in [0.15, 0.2) is 0 Å². The zero-order chi connectivity index (χ0) is 27.7. The van der Waals surface area contributed by atoms with Crippen molar-refractivity contribution in [3.05, 3.63) is 48.0 Å². The zero-order valence-electron chi connectivity index (χ0n) is 21.3. The number of fused-ring (bicyclic) bond motifs is 1. The molecule has 10 nitrogen and oxygen atoms in total. The van der Waals surface area contributed by atoms with Gasteiger partial charge >= 0.3 is 12.2 Å². The van der Waals surface area contributed by atoms with E-state index in [1.54, 1.807) is 37.4 Å². The highest BCUT2D eigenvalue weighted by Gasteiger charge is 2.47. The Bertz CT molecular complexity index is 1380. The Hall–Kier alpha value is -4.03. The lowest BCUT2D eigenvalue weighted by Gasteiger charge is -2.30. The third-order valence-corrected chi connectivity index (χ3v) is 7.31. The summed E-state index contributed by atoms with van der Waals surface area (Å²) in [5.74, 6) is -0.413. The smallest absolute Gasteiger partial charge is 0.410 e. The largest absolute Gasteiger partial charge is 0.459 e. The molecule has 1 aromatic carbocycles. The molecule has 3 heterocycles. The van der Waals surface area contributed by atoms with E-state index in [2.05, 4.69) is 15.7 Å². The standard InChI is InChI=1S/C26H29F3N6O4/c1-34-19(9-10-30-34)23(36)33-22(15-5-3-2-4-6-15)24(37)31-17-7-8-20-16(11-17)12-18(39-20)13-35-14-21(26(27,28)29)32-25(35)38/h7-12,15,21-22H,2-6,13-14H2,1H3,(H,31,37)(H,32,38)(H,33,36)/t21-,22-/m0/s1. The van der Waals surface area contributed by atoms with E-state index >= 15 is 0 Å². The van der Waals surface area contributed by atoms with E-state index in [0.717, 1.165) is 37.0 Å². The van der Waals surface area contributed by atoms with E-state index in [-0.39, 0.29) is 24.3 Å². The summed E-state index contributed by atoms with van der Waals surface area (Å²) in [6.45, 7) is -0.633. The number of carbonyl (C=O) groups excluding carboxylic acids is 3. The van der Waals surface area contributed by atoms with Crippen LogP contribution in [0.15, 0.2) is 40.9 Å². The molecule has 39 heavy (non-hydrogen) atoms. The van der Waals surface area contributed by atoms with Gasteiger partial charge in [0.05, 0.1) is 13.1 Å². The van der Waals surface area contributed by atoms with Crippen LogP contribution in [0.25, 0.3) is 11.0 Å². The first-order valence-corrected chi connectivity index (χ1v) is 12.8.